The molecule has 0 saturated heterocycles. The predicted octanol–water partition coefficient (Wildman–Crippen LogP) is 0.288. The molecule has 3 rings (SSSR count). The van der Waals surface area contributed by atoms with Crippen molar-refractivity contribution in [2.75, 3.05) is 20.3 Å². The van der Waals surface area contributed by atoms with E-state index in [1.165, 1.54) is 20.0 Å². The van der Waals surface area contributed by atoms with E-state index in [4.69, 9.17) is 4.74 Å². The van der Waals surface area contributed by atoms with E-state index < -0.39 is 0 Å². The molecule has 120 valence electrons. The molecule has 7 nitrogen and oxygen atoms in total. The first kappa shape index (κ1) is 15.0. The van der Waals surface area contributed by atoms with Crippen molar-refractivity contribution in [3.05, 3.63) is 17.7 Å². The molecular weight excluding hydrogens is 284 g/mol. The van der Waals surface area contributed by atoms with E-state index in [0.717, 1.165) is 18.1 Å². The van der Waals surface area contributed by atoms with Gasteiger partial charge in [0.1, 0.15) is 12.4 Å². The number of carbonyl (C=O) groups is 2. The molecule has 7 heteroatoms. The first-order chi connectivity index (χ1) is 10.7. The summed E-state index contributed by atoms with van der Waals surface area (Å²) in [6, 6.07) is 0. The summed E-state index contributed by atoms with van der Waals surface area (Å²) in [5.74, 6) is 1.54. The Morgan fingerprint density at radius 1 is 1.41 bits per heavy atom. The molecule has 2 amide bonds. The Balaban J connectivity index is 1.53. The second-order valence-electron chi connectivity index (χ2n) is 6.01. The van der Waals surface area contributed by atoms with E-state index in [-0.39, 0.29) is 18.4 Å². The Kier molecular flexibility index (Phi) is 4.42. The van der Waals surface area contributed by atoms with Crippen LogP contribution in [0.2, 0.25) is 0 Å². The number of methoxy groups -OCH3 is 1. The molecule has 0 bridgehead atoms. The molecule has 2 aliphatic rings. The Bertz CT molecular complexity index is 565. The van der Waals surface area contributed by atoms with Crippen LogP contribution in [0.4, 0.5) is 0 Å². The minimum Gasteiger partial charge on any atom is -0.375 e. The third-order valence-corrected chi connectivity index (χ3v) is 4.11. The van der Waals surface area contributed by atoms with Gasteiger partial charge in [-0.1, -0.05) is 0 Å². The quantitative estimate of drug-likeness (QED) is 0.819. The first-order valence-corrected chi connectivity index (χ1v) is 7.74. The fraction of sp³-hybridized carbons (Fsp3) is 0.667. The van der Waals surface area contributed by atoms with Gasteiger partial charge in [-0.3, -0.25) is 9.59 Å². The number of carbonyl (C=O) groups excluding carboxylic acids is 2. The fourth-order valence-electron chi connectivity index (χ4n) is 2.67. The van der Waals surface area contributed by atoms with E-state index in [1.807, 2.05) is 6.20 Å². The summed E-state index contributed by atoms with van der Waals surface area (Å²) < 4.78 is 6.94. The number of rotatable bonds is 6. The lowest BCUT2D eigenvalue weighted by Gasteiger charge is -2.27. The Morgan fingerprint density at radius 3 is 2.95 bits per heavy atom. The van der Waals surface area contributed by atoms with Gasteiger partial charge >= 0.3 is 0 Å². The molecule has 1 aliphatic heterocycles. The van der Waals surface area contributed by atoms with Gasteiger partial charge in [0.25, 0.3) is 0 Å². The molecular formula is C15H22N4O3. The zero-order chi connectivity index (χ0) is 15.5. The fourth-order valence-corrected chi connectivity index (χ4v) is 2.67. The smallest absolute Gasteiger partial charge is 0.249 e. The van der Waals surface area contributed by atoms with Crippen LogP contribution in [0, 0.1) is 5.92 Å². The first-order valence-electron chi connectivity index (χ1n) is 7.74. The minimum absolute atomic E-state index is 0.0176. The molecule has 22 heavy (non-hydrogen) atoms. The topological polar surface area (TPSA) is 76.5 Å². The highest BCUT2D eigenvalue weighted by Crippen LogP contribution is 2.32. The summed E-state index contributed by atoms with van der Waals surface area (Å²) >= 11 is 0. The number of aromatic nitrogens is 2. The zero-order valence-electron chi connectivity index (χ0n) is 12.9. The number of hydrogen-bond donors (Lipinski definition) is 1. The molecule has 0 aromatic carbocycles. The largest absolute Gasteiger partial charge is 0.375 e. The number of ether oxygens (including phenoxy) is 1. The molecule has 1 fully saturated rings. The number of amides is 2. The normalized spacial score (nSPS) is 17.2. The number of imidazole rings is 1. The standard InChI is InChI=1S/C15H22N4O3/c1-22-10-15(21)19-5-4-18-8-12(17-13(18)9-19)7-16-14(20)6-11-2-3-11/h8,11H,2-7,9-10H2,1H3,(H,16,20). The number of nitrogens with one attached hydrogen (secondary N) is 1. The summed E-state index contributed by atoms with van der Waals surface area (Å²) in [7, 11) is 1.52. The molecule has 0 atom stereocenters. The van der Waals surface area contributed by atoms with Crippen LogP contribution in [0.15, 0.2) is 6.20 Å². The average Bonchev–Trinajstić information content (AvgIpc) is 3.21. The Morgan fingerprint density at radius 2 is 2.23 bits per heavy atom. The summed E-state index contributed by atoms with van der Waals surface area (Å²) in [6.07, 6.45) is 4.95. The van der Waals surface area contributed by atoms with Crippen LogP contribution in [-0.2, 0) is 34.0 Å². The molecule has 0 unspecified atom stereocenters. The summed E-state index contributed by atoms with van der Waals surface area (Å²) in [6.45, 7) is 2.45. The zero-order valence-corrected chi connectivity index (χ0v) is 12.9. The molecule has 1 saturated carbocycles. The average molecular weight is 306 g/mol. The van der Waals surface area contributed by atoms with Gasteiger partial charge in [-0.15, -0.1) is 0 Å². The molecule has 2 heterocycles. The number of fused-ring (bicyclic) bond motifs is 1. The highest BCUT2D eigenvalue weighted by molar-refractivity contribution is 5.77. The van der Waals surface area contributed by atoms with Crippen molar-refractivity contribution in [2.24, 2.45) is 5.92 Å². The summed E-state index contributed by atoms with van der Waals surface area (Å²) in [5, 5.41) is 2.92. The SMILES string of the molecule is COCC(=O)N1CCn2cc(CNC(=O)CC3CC3)nc2C1. The molecule has 0 radical (unpaired) electrons. The van der Waals surface area contributed by atoms with Gasteiger partial charge in [0, 0.05) is 32.8 Å². The lowest BCUT2D eigenvalue weighted by molar-refractivity contribution is -0.136. The van der Waals surface area contributed by atoms with Gasteiger partial charge in [-0.05, 0) is 18.8 Å². The predicted molar refractivity (Wildman–Crippen MR) is 78.7 cm³/mol. The van der Waals surface area contributed by atoms with Crippen LogP contribution in [0.1, 0.15) is 30.8 Å². The van der Waals surface area contributed by atoms with Crippen LogP contribution in [-0.4, -0.2) is 46.5 Å². The van der Waals surface area contributed by atoms with Gasteiger partial charge in [0.05, 0.1) is 18.8 Å². The maximum Gasteiger partial charge on any atom is 0.249 e. The van der Waals surface area contributed by atoms with E-state index in [1.54, 1.807) is 4.90 Å². The van der Waals surface area contributed by atoms with Crippen molar-refractivity contribution >= 4 is 11.8 Å². The summed E-state index contributed by atoms with van der Waals surface area (Å²) in [4.78, 5) is 29.8. The van der Waals surface area contributed by atoms with Crippen LogP contribution in [0.3, 0.4) is 0 Å². The monoisotopic (exact) mass is 306 g/mol. The highest BCUT2D eigenvalue weighted by atomic mass is 16.5. The Hall–Kier alpha value is -1.89. The van der Waals surface area contributed by atoms with Crippen LogP contribution < -0.4 is 5.32 Å². The van der Waals surface area contributed by atoms with E-state index in [9.17, 15) is 9.59 Å². The molecule has 0 spiro atoms. The van der Waals surface area contributed by atoms with Gasteiger partial charge in [-0.25, -0.2) is 4.98 Å². The molecule has 1 aromatic rings. The van der Waals surface area contributed by atoms with Crippen molar-refractivity contribution < 1.29 is 14.3 Å². The van der Waals surface area contributed by atoms with E-state index >= 15 is 0 Å². The third kappa shape index (κ3) is 3.65. The van der Waals surface area contributed by atoms with Gasteiger partial charge in [0.2, 0.25) is 11.8 Å². The van der Waals surface area contributed by atoms with Crippen molar-refractivity contribution in [1.82, 2.24) is 19.8 Å². The number of hydrogen-bond acceptors (Lipinski definition) is 4. The third-order valence-electron chi connectivity index (χ3n) is 4.11. The van der Waals surface area contributed by atoms with Crippen LogP contribution >= 0.6 is 0 Å². The van der Waals surface area contributed by atoms with E-state index in [2.05, 4.69) is 14.9 Å². The minimum atomic E-state index is -0.0176. The van der Waals surface area contributed by atoms with Gasteiger partial charge in [0.15, 0.2) is 0 Å². The maximum atomic E-state index is 11.8. The molecule has 1 N–H and O–H groups in total. The van der Waals surface area contributed by atoms with Crippen molar-refractivity contribution in [2.45, 2.75) is 38.9 Å². The lowest BCUT2D eigenvalue weighted by atomic mass is 10.3. The van der Waals surface area contributed by atoms with Crippen LogP contribution in [0.5, 0.6) is 0 Å². The molecule has 1 aliphatic carbocycles. The number of nitrogens with zero attached hydrogens (tertiary/aromatic N) is 3. The lowest BCUT2D eigenvalue weighted by Crippen LogP contribution is -2.40. The van der Waals surface area contributed by atoms with Crippen molar-refractivity contribution in [3.63, 3.8) is 0 Å². The highest BCUT2D eigenvalue weighted by Gasteiger charge is 2.25. The van der Waals surface area contributed by atoms with Gasteiger partial charge in [-0.2, -0.15) is 0 Å². The van der Waals surface area contributed by atoms with Crippen molar-refractivity contribution in [3.8, 4) is 0 Å². The molecule has 1 aromatic heterocycles. The maximum absolute atomic E-state index is 11.8. The summed E-state index contributed by atoms with van der Waals surface area (Å²) in [5.41, 5.74) is 0.847. The van der Waals surface area contributed by atoms with E-state index in [0.29, 0.717) is 32.0 Å². The second-order valence-corrected chi connectivity index (χ2v) is 6.01. The Labute approximate surface area is 129 Å². The van der Waals surface area contributed by atoms with Gasteiger partial charge < -0.3 is 19.5 Å². The second kappa shape index (κ2) is 6.48. The van der Waals surface area contributed by atoms with Crippen LogP contribution in [0.25, 0.3) is 0 Å². The van der Waals surface area contributed by atoms with Crippen molar-refractivity contribution in [1.29, 1.82) is 0 Å².